The number of hydrogen-bond acceptors (Lipinski definition) is 6. The molecule has 3 heterocycles. The lowest BCUT2D eigenvalue weighted by Crippen LogP contribution is -2.42. The highest BCUT2D eigenvalue weighted by molar-refractivity contribution is 7.99. The lowest BCUT2D eigenvalue weighted by atomic mass is 9.75. The van der Waals surface area contributed by atoms with Gasteiger partial charge in [-0.05, 0) is 99.5 Å². The summed E-state index contributed by atoms with van der Waals surface area (Å²) >= 11 is 8.37. The third kappa shape index (κ3) is 6.42. The van der Waals surface area contributed by atoms with Crippen molar-refractivity contribution in [2.24, 2.45) is 5.41 Å². The number of rotatable bonds is 11. The van der Waals surface area contributed by atoms with Crippen molar-refractivity contribution in [2.45, 2.75) is 43.6 Å². The normalized spacial score (nSPS) is 16.1. The fourth-order valence-corrected chi connectivity index (χ4v) is 5.90. The number of hydrogen-bond donors (Lipinski definition) is 1. The van der Waals surface area contributed by atoms with Crippen molar-refractivity contribution in [3.63, 3.8) is 0 Å². The van der Waals surface area contributed by atoms with E-state index in [4.69, 9.17) is 16.3 Å². The van der Waals surface area contributed by atoms with Gasteiger partial charge in [0.2, 0.25) is 0 Å². The summed E-state index contributed by atoms with van der Waals surface area (Å²) in [7, 11) is 1.68. The lowest BCUT2D eigenvalue weighted by molar-refractivity contribution is 0.0358. The van der Waals surface area contributed by atoms with Gasteiger partial charge in [0.15, 0.2) is 0 Å². The SMILES string of the molecule is COc1ccc2ncc(Cl)c(CCCC3(CO)CCN(CCCSc4ccccn4)CC3)c2c1. The second-order valence-corrected chi connectivity index (χ2v) is 10.7. The number of aryl methyl sites for hydroxylation is 1. The highest BCUT2D eigenvalue weighted by Crippen LogP contribution is 2.37. The maximum Gasteiger partial charge on any atom is 0.119 e. The Morgan fingerprint density at radius 2 is 2.00 bits per heavy atom. The highest BCUT2D eigenvalue weighted by Gasteiger charge is 2.33. The van der Waals surface area contributed by atoms with E-state index in [2.05, 4.69) is 20.9 Å². The van der Waals surface area contributed by atoms with Crippen LogP contribution < -0.4 is 4.74 Å². The summed E-state index contributed by atoms with van der Waals surface area (Å²) in [4.78, 5) is 11.4. The van der Waals surface area contributed by atoms with Gasteiger partial charge in [0.1, 0.15) is 5.75 Å². The van der Waals surface area contributed by atoms with Crippen LogP contribution in [0.15, 0.2) is 53.8 Å². The topological polar surface area (TPSA) is 58.5 Å². The molecule has 2 aromatic heterocycles. The van der Waals surface area contributed by atoms with E-state index in [9.17, 15) is 5.11 Å². The second-order valence-electron chi connectivity index (χ2n) is 9.19. The molecule has 0 amide bonds. The smallest absolute Gasteiger partial charge is 0.119 e. The molecule has 0 aliphatic carbocycles. The molecule has 0 radical (unpaired) electrons. The molecule has 0 atom stereocenters. The maximum atomic E-state index is 10.3. The van der Waals surface area contributed by atoms with Crippen LogP contribution in [0.1, 0.15) is 37.7 Å². The quantitative estimate of drug-likeness (QED) is 0.263. The number of ether oxygens (including phenoxy) is 1. The minimum atomic E-state index is 0.0200. The van der Waals surface area contributed by atoms with Crippen molar-refractivity contribution in [1.29, 1.82) is 0 Å². The molecule has 34 heavy (non-hydrogen) atoms. The highest BCUT2D eigenvalue weighted by atomic mass is 35.5. The molecule has 0 unspecified atom stereocenters. The monoisotopic (exact) mass is 499 g/mol. The Morgan fingerprint density at radius 3 is 2.74 bits per heavy atom. The molecule has 1 aliphatic heterocycles. The second kappa shape index (κ2) is 12.2. The van der Waals surface area contributed by atoms with E-state index in [-0.39, 0.29) is 12.0 Å². The Hall–Kier alpha value is -1.86. The van der Waals surface area contributed by atoms with E-state index < -0.39 is 0 Å². The minimum absolute atomic E-state index is 0.0200. The molecule has 0 spiro atoms. The van der Waals surface area contributed by atoms with Crippen LogP contribution in [-0.2, 0) is 6.42 Å². The van der Waals surface area contributed by atoms with E-state index in [1.807, 2.05) is 48.3 Å². The van der Waals surface area contributed by atoms with Crippen LogP contribution in [0.3, 0.4) is 0 Å². The van der Waals surface area contributed by atoms with Gasteiger partial charge < -0.3 is 14.7 Å². The van der Waals surface area contributed by atoms with Gasteiger partial charge in [-0.25, -0.2) is 4.98 Å². The summed E-state index contributed by atoms with van der Waals surface area (Å²) < 4.78 is 5.40. The molecular weight excluding hydrogens is 466 g/mol. The average Bonchev–Trinajstić information content (AvgIpc) is 2.89. The first-order valence-corrected chi connectivity index (χ1v) is 13.5. The van der Waals surface area contributed by atoms with Gasteiger partial charge >= 0.3 is 0 Å². The van der Waals surface area contributed by atoms with Crippen LogP contribution in [-0.4, -0.2) is 59.1 Å². The molecule has 1 aliphatic rings. The lowest BCUT2D eigenvalue weighted by Gasteiger charge is -2.41. The first-order valence-electron chi connectivity index (χ1n) is 12.1. The first-order chi connectivity index (χ1) is 16.6. The van der Waals surface area contributed by atoms with Crippen molar-refractivity contribution in [1.82, 2.24) is 14.9 Å². The molecule has 182 valence electrons. The van der Waals surface area contributed by atoms with Crippen LogP contribution in [0.25, 0.3) is 10.9 Å². The zero-order valence-electron chi connectivity index (χ0n) is 19.9. The van der Waals surface area contributed by atoms with Crippen molar-refractivity contribution < 1.29 is 9.84 Å². The van der Waals surface area contributed by atoms with E-state index in [0.717, 1.165) is 91.2 Å². The number of aromatic nitrogens is 2. The predicted molar refractivity (Wildman–Crippen MR) is 141 cm³/mol. The van der Waals surface area contributed by atoms with Gasteiger partial charge in [-0.15, -0.1) is 11.8 Å². The molecule has 5 nitrogen and oxygen atoms in total. The number of halogens is 1. The van der Waals surface area contributed by atoms with Crippen molar-refractivity contribution in [2.75, 3.05) is 39.1 Å². The van der Waals surface area contributed by atoms with Crippen molar-refractivity contribution in [3.05, 3.63) is 59.4 Å². The van der Waals surface area contributed by atoms with Gasteiger partial charge in [0.25, 0.3) is 0 Å². The van der Waals surface area contributed by atoms with Gasteiger partial charge in [-0.2, -0.15) is 0 Å². The van der Waals surface area contributed by atoms with Gasteiger partial charge in [-0.3, -0.25) is 4.98 Å². The van der Waals surface area contributed by atoms with E-state index in [0.29, 0.717) is 5.02 Å². The van der Waals surface area contributed by atoms with Crippen molar-refractivity contribution in [3.8, 4) is 5.75 Å². The third-order valence-electron chi connectivity index (χ3n) is 7.03. The molecule has 1 saturated heterocycles. The summed E-state index contributed by atoms with van der Waals surface area (Å²) in [6, 6.07) is 12.0. The number of piperidine rings is 1. The number of methoxy groups -OCH3 is 1. The number of aliphatic hydroxyl groups is 1. The van der Waals surface area contributed by atoms with Crippen LogP contribution in [0.5, 0.6) is 5.75 Å². The van der Waals surface area contributed by atoms with Crippen molar-refractivity contribution >= 4 is 34.3 Å². The largest absolute Gasteiger partial charge is 0.497 e. The van der Waals surface area contributed by atoms with Gasteiger partial charge in [0.05, 0.1) is 22.7 Å². The standard InChI is InChI=1S/C27H34ClN3O2S/c1-33-21-8-9-25-23(18-21)22(24(28)19-30-25)6-4-10-27(20-32)11-15-31(16-12-27)14-5-17-34-26-7-2-3-13-29-26/h2-3,7-9,13,18-19,32H,4-6,10-12,14-17,20H2,1H3. The fourth-order valence-electron chi connectivity index (χ4n) is 4.86. The number of thioether (sulfide) groups is 1. The molecule has 4 rings (SSSR count). The molecule has 0 saturated carbocycles. The predicted octanol–water partition coefficient (Wildman–Crippen LogP) is 5.87. The number of fused-ring (bicyclic) bond motifs is 1. The number of nitrogens with zero attached hydrogens (tertiary/aromatic N) is 3. The number of aliphatic hydroxyl groups excluding tert-OH is 1. The van der Waals surface area contributed by atoms with Gasteiger partial charge in [-0.1, -0.05) is 17.7 Å². The summed E-state index contributed by atoms with van der Waals surface area (Å²) in [6.07, 6.45) is 9.74. The molecule has 1 fully saturated rings. The minimum Gasteiger partial charge on any atom is -0.497 e. The molecule has 3 aromatic rings. The number of pyridine rings is 2. The summed E-state index contributed by atoms with van der Waals surface area (Å²) in [6.45, 7) is 3.49. The summed E-state index contributed by atoms with van der Waals surface area (Å²) in [5.41, 5.74) is 2.08. The average molecular weight is 500 g/mol. The molecule has 7 heteroatoms. The van der Waals surface area contributed by atoms with E-state index in [1.165, 1.54) is 0 Å². The molecule has 1 aromatic carbocycles. The van der Waals surface area contributed by atoms with E-state index >= 15 is 0 Å². The molecule has 0 bridgehead atoms. The summed E-state index contributed by atoms with van der Waals surface area (Å²) in [5.74, 6) is 1.90. The Bertz CT molecular complexity index is 1060. The van der Waals surface area contributed by atoms with E-state index in [1.54, 1.807) is 13.3 Å². The molecule has 1 N–H and O–H groups in total. The number of benzene rings is 1. The Labute approximate surface area is 211 Å². The maximum absolute atomic E-state index is 10.3. The summed E-state index contributed by atoms with van der Waals surface area (Å²) in [5, 5.41) is 13.1. The Kier molecular flexibility index (Phi) is 9.06. The Balaban J connectivity index is 1.26. The Morgan fingerprint density at radius 1 is 1.15 bits per heavy atom. The first kappa shape index (κ1) is 25.2. The zero-order valence-corrected chi connectivity index (χ0v) is 21.5. The fraction of sp³-hybridized carbons (Fsp3) is 0.481. The third-order valence-corrected chi connectivity index (χ3v) is 8.38. The number of likely N-dealkylation sites (tertiary alicyclic amines) is 1. The van der Waals surface area contributed by atoms with Crippen LogP contribution in [0.4, 0.5) is 0 Å². The van der Waals surface area contributed by atoms with Crippen LogP contribution >= 0.6 is 23.4 Å². The van der Waals surface area contributed by atoms with Crippen LogP contribution in [0, 0.1) is 5.41 Å². The van der Waals surface area contributed by atoms with Gasteiger partial charge in [0, 0.05) is 30.1 Å². The molecular formula is C27H34ClN3O2S. The zero-order chi connectivity index (χ0) is 23.8. The van der Waals surface area contributed by atoms with Crippen LogP contribution in [0.2, 0.25) is 5.02 Å².